The van der Waals surface area contributed by atoms with Crippen LogP contribution in [-0.2, 0) is 9.53 Å². The molecule has 6 nitrogen and oxygen atoms in total. The predicted molar refractivity (Wildman–Crippen MR) is 75.4 cm³/mol. The summed E-state index contributed by atoms with van der Waals surface area (Å²) in [4.78, 5) is 27.7. The van der Waals surface area contributed by atoms with Crippen molar-refractivity contribution >= 4 is 11.9 Å². The van der Waals surface area contributed by atoms with Crippen LogP contribution >= 0.6 is 0 Å². The summed E-state index contributed by atoms with van der Waals surface area (Å²) in [5.41, 5.74) is 0. The minimum Gasteiger partial charge on any atom is -0.368 e. The minimum atomic E-state index is -0.250. The molecule has 1 N–H and O–H groups in total. The molecule has 0 aromatic heterocycles. The normalized spacial score (nSPS) is 22.9. The summed E-state index contributed by atoms with van der Waals surface area (Å²) >= 11 is 0. The van der Waals surface area contributed by atoms with Crippen LogP contribution in [0.5, 0.6) is 0 Å². The van der Waals surface area contributed by atoms with Gasteiger partial charge in [-0.2, -0.15) is 0 Å². The monoisotopic (exact) mass is 283 g/mol. The van der Waals surface area contributed by atoms with Gasteiger partial charge in [-0.1, -0.05) is 13.3 Å². The van der Waals surface area contributed by atoms with Crippen LogP contribution < -0.4 is 5.32 Å². The van der Waals surface area contributed by atoms with E-state index in [-0.39, 0.29) is 18.0 Å². The van der Waals surface area contributed by atoms with E-state index in [9.17, 15) is 9.59 Å². The topological polar surface area (TPSA) is 61.9 Å². The van der Waals surface area contributed by atoms with Gasteiger partial charge in [0.15, 0.2) is 0 Å². The largest absolute Gasteiger partial charge is 0.368 e. The van der Waals surface area contributed by atoms with Crippen LogP contribution in [0.3, 0.4) is 0 Å². The van der Waals surface area contributed by atoms with Gasteiger partial charge in [-0.05, 0) is 19.3 Å². The molecule has 0 unspecified atom stereocenters. The van der Waals surface area contributed by atoms with Gasteiger partial charge < -0.3 is 19.9 Å². The van der Waals surface area contributed by atoms with E-state index in [2.05, 4.69) is 12.2 Å². The van der Waals surface area contributed by atoms with Crippen LogP contribution in [0.1, 0.15) is 32.6 Å². The molecule has 0 bridgehead atoms. The molecule has 6 heteroatoms. The summed E-state index contributed by atoms with van der Waals surface area (Å²) in [6, 6.07) is -0.0114. The Morgan fingerprint density at radius 1 is 1.20 bits per heavy atom. The number of rotatable bonds is 4. The molecule has 0 aliphatic carbocycles. The average molecular weight is 283 g/mol. The maximum atomic E-state index is 12.2. The first kappa shape index (κ1) is 15.1. The summed E-state index contributed by atoms with van der Waals surface area (Å²) < 4.78 is 5.42. The van der Waals surface area contributed by atoms with Crippen LogP contribution in [0.15, 0.2) is 0 Å². The summed E-state index contributed by atoms with van der Waals surface area (Å²) in [5.74, 6) is 0.0912. The highest BCUT2D eigenvalue weighted by Gasteiger charge is 2.31. The average Bonchev–Trinajstić information content (AvgIpc) is 3.01. The first-order valence-electron chi connectivity index (χ1n) is 7.65. The van der Waals surface area contributed by atoms with Crippen molar-refractivity contribution < 1.29 is 14.3 Å². The molecular formula is C14H25N3O3. The van der Waals surface area contributed by atoms with Crippen LogP contribution in [-0.4, -0.2) is 67.2 Å². The Balaban J connectivity index is 1.71. The molecule has 2 aliphatic heterocycles. The SMILES string of the molecule is CCCCNC(=O)N1CCN(C(=O)[C@H]2CCCO2)CC1. The first-order valence-corrected chi connectivity index (χ1v) is 7.65. The number of amides is 3. The van der Waals surface area contributed by atoms with E-state index in [4.69, 9.17) is 4.74 Å². The highest BCUT2D eigenvalue weighted by molar-refractivity contribution is 5.81. The number of hydrogen-bond acceptors (Lipinski definition) is 3. The van der Waals surface area contributed by atoms with E-state index in [0.717, 1.165) is 32.2 Å². The standard InChI is InChI=1S/C14H25N3O3/c1-2-3-6-15-14(19)17-9-7-16(8-10-17)13(18)12-5-4-11-20-12/h12H,2-11H2,1H3,(H,15,19)/t12-/m1/s1. The Morgan fingerprint density at radius 2 is 1.90 bits per heavy atom. The van der Waals surface area contributed by atoms with Crippen molar-refractivity contribution in [2.75, 3.05) is 39.3 Å². The Labute approximate surface area is 120 Å². The predicted octanol–water partition coefficient (Wildman–Crippen LogP) is 0.819. The van der Waals surface area contributed by atoms with Crippen LogP contribution in [0.4, 0.5) is 4.79 Å². The molecule has 0 aromatic rings. The van der Waals surface area contributed by atoms with Crippen molar-refractivity contribution in [2.45, 2.75) is 38.7 Å². The number of unbranched alkanes of at least 4 members (excludes halogenated alkanes) is 1. The minimum absolute atomic E-state index is 0.0114. The molecule has 2 rings (SSSR count). The van der Waals surface area contributed by atoms with Gasteiger partial charge in [0.2, 0.25) is 0 Å². The fraction of sp³-hybridized carbons (Fsp3) is 0.857. The molecule has 1 atom stereocenters. The van der Waals surface area contributed by atoms with Gasteiger partial charge in [0.05, 0.1) is 0 Å². The number of nitrogens with zero attached hydrogens (tertiary/aromatic N) is 2. The second-order valence-corrected chi connectivity index (χ2v) is 5.40. The Bertz CT molecular complexity index is 335. The maximum absolute atomic E-state index is 12.2. The lowest BCUT2D eigenvalue weighted by Gasteiger charge is -2.35. The zero-order valence-electron chi connectivity index (χ0n) is 12.3. The highest BCUT2D eigenvalue weighted by Crippen LogP contribution is 2.15. The fourth-order valence-corrected chi connectivity index (χ4v) is 2.59. The molecule has 114 valence electrons. The summed E-state index contributed by atoms with van der Waals surface area (Å²) in [7, 11) is 0. The van der Waals surface area contributed by atoms with Crippen molar-refractivity contribution in [3.8, 4) is 0 Å². The van der Waals surface area contributed by atoms with E-state index >= 15 is 0 Å². The number of ether oxygens (including phenoxy) is 1. The third-order valence-corrected chi connectivity index (χ3v) is 3.89. The smallest absolute Gasteiger partial charge is 0.317 e. The lowest BCUT2D eigenvalue weighted by molar-refractivity contribution is -0.142. The molecule has 0 saturated carbocycles. The number of carbonyl (C=O) groups is 2. The molecule has 2 aliphatic rings. The number of urea groups is 1. The van der Waals surface area contributed by atoms with Crippen molar-refractivity contribution in [3.63, 3.8) is 0 Å². The molecule has 0 aromatic carbocycles. The van der Waals surface area contributed by atoms with Crippen molar-refractivity contribution in [1.82, 2.24) is 15.1 Å². The number of piperazine rings is 1. The summed E-state index contributed by atoms with van der Waals surface area (Å²) in [6.07, 6.45) is 3.62. The van der Waals surface area contributed by atoms with Crippen molar-refractivity contribution in [3.05, 3.63) is 0 Å². The summed E-state index contributed by atoms with van der Waals surface area (Å²) in [6.45, 7) is 5.95. The van der Waals surface area contributed by atoms with Crippen LogP contribution in [0.25, 0.3) is 0 Å². The fourth-order valence-electron chi connectivity index (χ4n) is 2.59. The molecule has 2 fully saturated rings. The van der Waals surface area contributed by atoms with E-state index in [0.29, 0.717) is 32.8 Å². The molecule has 0 spiro atoms. The maximum Gasteiger partial charge on any atom is 0.317 e. The molecule has 0 radical (unpaired) electrons. The second kappa shape index (κ2) is 7.47. The van der Waals surface area contributed by atoms with Gasteiger partial charge in [-0.3, -0.25) is 4.79 Å². The van der Waals surface area contributed by atoms with Gasteiger partial charge in [0.25, 0.3) is 5.91 Å². The Hall–Kier alpha value is -1.30. The van der Waals surface area contributed by atoms with Crippen molar-refractivity contribution in [1.29, 1.82) is 0 Å². The number of nitrogens with one attached hydrogen (secondary N) is 1. The third kappa shape index (κ3) is 3.85. The van der Waals surface area contributed by atoms with Gasteiger partial charge >= 0.3 is 6.03 Å². The van der Waals surface area contributed by atoms with Gasteiger partial charge in [-0.15, -0.1) is 0 Å². The van der Waals surface area contributed by atoms with Crippen LogP contribution in [0.2, 0.25) is 0 Å². The molecule has 3 amide bonds. The van der Waals surface area contributed by atoms with E-state index in [1.165, 1.54) is 0 Å². The second-order valence-electron chi connectivity index (χ2n) is 5.40. The molecule has 2 heterocycles. The van der Waals surface area contributed by atoms with Gasteiger partial charge in [0, 0.05) is 39.3 Å². The van der Waals surface area contributed by atoms with E-state index in [1.807, 2.05) is 4.90 Å². The quantitative estimate of drug-likeness (QED) is 0.777. The zero-order valence-corrected chi connectivity index (χ0v) is 12.3. The van der Waals surface area contributed by atoms with Gasteiger partial charge in [0.1, 0.15) is 6.10 Å². The Kier molecular flexibility index (Phi) is 5.64. The van der Waals surface area contributed by atoms with E-state index < -0.39 is 0 Å². The lowest BCUT2D eigenvalue weighted by Crippen LogP contribution is -2.54. The summed E-state index contributed by atoms with van der Waals surface area (Å²) in [5, 5.41) is 2.91. The lowest BCUT2D eigenvalue weighted by atomic mass is 10.2. The molecule has 2 saturated heterocycles. The highest BCUT2D eigenvalue weighted by atomic mass is 16.5. The number of carbonyl (C=O) groups excluding carboxylic acids is 2. The van der Waals surface area contributed by atoms with Crippen LogP contribution in [0, 0.1) is 0 Å². The first-order chi connectivity index (χ1) is 9.72. The third-order valence-electron chi connectivity index (χ3n) is 3.89. The zero-order chi connectivity index (χ0) is 14.4. The number of hydrogen-bond donors (Lipinski definition) is 1. The van der Waals surface area contributed by atoms with Gasteiger partial charge in [-0.25, -0.2) is 4.79 Å². The van der Waals surface area contributed by atoms with Crippen molar-refractivity contribution in [2.24, 2.45) is 0 Å². The van der Waals surface area contributed by atoms with E-state index in [1.54, 1.807) is 4.90 Å². The molecular weight excluding hydrogens is 258 g/mol. The molecule has 20 heavy (non-hydrogen) atoms. The Morgan fingerprint density at radius 3 is 2.50 bits per heavy atom.